The van der Waals surface area contributed by atoms with Crippen LogP contribution in [-0.2, 0) is 14.2 Å². The Morgan fingerprint density at radius 1 is 0.814 bits per heavy atom. The quantitative estimate of drug-likeness (QED) is 0.0747. The Morgan fingerprint density at radius 2 is 1.47 bits per heavy atom. The molecule has 0 N–H and O–H groups in total. The van der Waals surface area contributed by atoms with Gasteiger partial charge < -0.3 is 14.2 Å². The Balaban J connectivity index is 1.65. The van der Waals surface area contributed by atoms with Gasteiger partial charge in [-0.25, -0.2) is 0 Å². The summed E-state index contributed by atoms with van der Waals surface area (Å²) in [6.45, 7) is 12.2. The van der Waals surface area contributed by atoms with E-state index in [0.29, 0.717) is 75.0 Å². The van der Waals surface area contributed by atoms with E-state index in [1.54, 1.807) is 0 Å². The number of fused-ring (bicyclic) bond motifs is 5. The van der Waals surface area contributed by atoms with Crippen molar-refractivity contribution in [1.82, 2.24) is 0 Å². The molecule has 0 radical (unpaired) electrons. The van der Waals surface area contributed by atoms with Gasteiger partial charge in [-0.3, -0.25) is 0 Å². The van der Waals surface area contributed by atoms with Crippen LogP contribution in [0.3, 0.4) is 0 Å². The molecule has 11 atom stereocenters. The monoisotopic (exact) mass is 599 g/mol. The Hall–Kier alpha value is -2.19. The summed E-state index contributed by atoms with van der Waals surface area (Å²) in [5, 5.41) is 11.2. The lowest BCUT2D eigenvalue weighted by molar-refractivity contribution is -0.226. The van der Waals surface area contributed by atoms with E-state index in [-0.39, 0.29) is 29.1 Å². The highest BCUT2D eigenvalue weighted by molar-refractivity contribution is 5.15. The lowest BCUT2D eigenvalue weighted by Gasteiger charge is -2.64. The highest BCUT2D eigenvalue weighted by Crippen LogP contribution is 2.69. The Bertz CT molecular complexity index is 1060. The molecule has 12 heteroatoms. The molecule has 4 rings (SSSR count). The Kier molecular flexibility index (Phi) is 12.3. The third-order valence-electron chi connectivity index (χ3n) is 12.2. The van der Waals surface area contributed by atoms with Crippen LogP contribution < -0.4 is 0 Å². The van der Waals surface area contributed by atoms with Crippen molar-refractivity contribution in [2.24, 2.45) is 61.7 Å². The van der Waals surface area contributed by atoms with Crippen LogP contribution in [0, 0.1) is 46.3 Å². The van der Waals surface area contributed by atoms with Crippen LogP contribution in [0.15, 0.2) is 15.3 Å². The van der Waals surface area contributed by atoms with E-state index in [9.17, 15) is 0 Å². The summed E-state index contributed by atoms with van der Waals surface area (Å²) in [6, 6.07) is 0. The SMILES string of the molecule is CCCC[C@@H](C)[C@H]1CC[C@H]2C3C(OCCN=[N+]=[N-])CC4C[C@H](OCCN=[N+]=[N-])CC[C@]4(C)[C@H]3C[C@H](OCCN=[N+]=[N-])[C@]12C. The van der Waals surface area contributed by atoms with Gasteiger partial charge in [0.05, 0.1) is 38.1 Å². The predicted octanol–water partition coefficient (Wildman–Crippen LogP) is 8.78. The lowest BCUT2D eigenvalue weighted by atomic mass is 9.43. The number of azide groups is 3. The molecule has 240 valence electrons. The summed E-state index contributed by atoms with van der Waals surface area (Å²) >= 11 is 0. The van der Waals surface area contributed by atoms with Crippen LogP contribution >= 0.6 is 0 Å². The summed E-state index contributed by atoms with van der Waals surface area (Å²) in [4.78, 5) is 8.77. The van der Waals surface area contributed by atoms with Crippen LogP contribution in [0.4, 0.5) is 0 Å². The van der Waals surface area contributed by atoms with Crippen LogP contribution in [-0.4, -0.2) is 57.8 Å². The Labute approximate surface area is 256 Å². The smallest absolute Gasteiger partial charge is 0.0637 e. The maximum Gasteiger partial charge on any atom is 0.0637 e. The van der Waals surface area contributed by atoms with Crippen molar-refractivity contribution in [2.45, 2.75) is 110 Å². The van der Waals surface area contributed by atoms with Gasteiger partial charge in [-0.05, 0) is 102 Å². The number of rotatable bonds is 16. The van der Waals surface area contributed by atoms with Gasteiger partial charge in [0, 0.05) is 39.8 Å². The molecule has 0 aromatic rings. The van der Waals surface area contributed by atoms with Gasteiger partial charge in [-0.2, -0.15) is 0 Å². The average Bonchev–Trinajstić information content (AvgIpc) is 3.37. The first kappa shape index (κ1) is 33.7. The van der Waals surface area contributed by atoms with Gasteiger partial charge in [0.25, 0.3) is 0 Å². The normalized spacial score (nSPS) is 38.8. The van der Waals surface area contributed by atoms with Crippen LogP contribution in [0.25, 0.3) is 31.3 Å². The van der Waals surface area contributed by atoms with E-state index >= 15 is 0 Å². The predicted molar refractivity (Wildman–Crippen MR) is 166 cm³/mol. The molecule has 0 aromatic heterocycles. The summed E-state index contributed by atoms with van der Waals surface area (Å²) in [5.41, 5.74) is 26.6. The van der Waals surface area contributed by atoms with Crippen molar-refractivity contribution >= 4 is 0 Å². The molecule has 4 fully saturated rings. The maximum absolute atomic E-state index is 8.89. The molecule has 43 heavy (non-hydrogen) atoms. The van der Waals surface area contributed by atoms with Crippen molar-refractivity contribution in [1.29, 1.82) is 0 Å². The zero-order chi connectivity index (χ0) is 30.9. The zero-order valence-corrected chi connectivity index (χ0v) is 26.8. The summed E-state index contributed by atoms with van der Waals surface area (Å²) in [5.74, 6) is 3.04. The van der Waals surface area contributed by atoms with Crippen molar-refractivity contribution in [3.05, 3.63) is 31.3 Å². The maximum atomic E-state index is 8.89. The molecule has 12 nitrogen and oxygen atoms in total. The lowest BCUT2D eigenvalue weighted by Crippen LogP contribution is -2.63. The standard InChI is InChI=1S/C31H53N9O3/c1-5-6-7-21(2)24-8-9-25-29-26(20-28(31(24,25)4)43-17-14-37-40-34)30(3)11-10-23(41-15-12-35-38-32)18-22(30)19-27(29)42-16-13-36-39-33/h21-29H,5-20H2,1-4H3/t21-,22?,23-,24-,25+,26+,27?,28+,29?,30+,31-/m1/s1. The molecule has 4 saturated carbocycles. The minimum atomic E-state index is 0.0296. The van der Waals surface area contributed by atoms with Gasteiger partial charge >= 0.3 is 0 Å². The van der Waals surface area contributed by atoms with E-state index in [0.717, 1.165) is 32.1 Å². The molecular formula is C31H53N9O3. The van der Waals surface area contributed by atoms with Crippen molar-refractivity contribution < 1.29 is 14.2 Å². The largest absolute Gasteiger partial charge is 0.378 e. The number of ether oxygens (including phenoxy) is 3. The molecule has 4 aliphatic rings. The van der Waals surface area contributed by atoms with E-state index in [4.69, 9.17) is 30.8 Å². The molecule has 0 saturated heterocycles. The summed E-state index contributed by atoms with van der Waals surface area (Å²) in [7, 11) is 0. The second kappa shape index (κ2) is 15.7. The molecule has 0 aromatic carbocycles. The fourth-order valence-corrected chi connectivity index (χ4v) is 10.2. The van der Waals surface area contributed by atoms with Gasteiger partial charge in [0.15, 0.2) is 0 Å². The minimum absolute atomic E-state index is 0.0296. The molecule has 0 heterocycles. The molecule has 0 bridgehead atoms. The molecular weight excluding hydrogens is 546 g/mol. The zero-order valence-electron chi connectivity index (χ0n) is 26.8. The highest BCUT2D eigenvalue weighted by Gasteiger charge is 2.66. The molecule has 0 spiro atoms. The minimum Gasteiger partial charge on any atom is -0.378 e. The first-order chi connectivity index (χ1) is 20.8. The number of unbranched alkanes of at least 4 members (excludes halogenated alkanes) is 1. The van der Waals surface area contributed by atoms with E-state index in [1.165, 1.54) is 32.1 Å². The molecule has 4 aliphatic carbocycles. The van der Waals surface area contributed by atoms with E-state index < -0.39 is 0 Å². The first-order valence-electron chi connectivity index (χ1n) is 16.7. The van der Waals surface area contributed by atoms with Gasteiger partial charge in [0.1, 0.15) is 0 Å². The first-order valence-corrected chi connectivity index (χ1v) is 16.7. The second-order valence-electron chi connectivity index (χ2n) is 14.0. The third-order valence-corrected chi connectivity index (χ3v) is 12.2. The fourth-order valence-electron chi connectivity index (χ4n) is 10.2. The van der Waals surface area contributed by atoms with Crippen molar-refractivity contribution in [3.8, 4) is 0 Å². The Morgan fingerprint density at radius 3 is 2.12 bits per heavy atom. The van der Waals surface area contributed by atoms with Gasteiger partial charge in [0.2, 0.25) is 0 Å². The number of nitrogens with zero attached hydrogens (tertiary/aromatic N) is 9. The highest BCUT2D eigenvalue weighted by atomic mass is 16.5. The van der Waals surface area contributed by atoms with E-state index in [2.05, 4.69) is 57.8 Å². The number of hydrogen-bond acceptors (Lipinski definition) is 6. The van der Waals surface area contributed by atoms with Crippen molar-refractivity contribution in [3.63, 3.8) is 0 Å². The van der Waals surface area contributed by atoms with Gasteiger partial charge in [-0.15, -0.1) is 0 Å². The third kappa shape index (κ3) is 7.22. The van der Waals surface area contributed by atoms with Crippen LogP contribution in [0.5, 0.6) is 0 Å². The molecule has 0 amide bonds. The molecule has 0 aliphatic heterocycles. The fraction of sp³-hybridized carbons (Fsp3) is 1.00. The number of hydrogen-bond donors (Lipinski definition) is 0. The van der Waals surface area contributed by atoms with Gasteiger partial charge in [-0.1, -0.05) is 62.3 Å². The van der Waals surface area contributed by atoms with Crippen molar-refractivity contribution in [2.75, 3.05) is 39.5 Å². The average molecular weight is 600 g/mol. The van der Waals surface area contributed by atoms with E-state index in [1.807, 2.05) is 0 Å². The molecule has 3 unspecified atom stereocenters. The topological polar surface area (TPSA) is 174 Å². The van der Waals surface area contributed by atoms with Crippen LogP contribution in [0.2, 0.25) is 0 Å². The second-order valence-corrected chi connectivity index (χ2v) is 14.0. The summed E-state index contributed by atoms with van der Waals surface area (Å²) < 4.78 is 19.7. The summed E-state index contributed by atoms with van der Waals surface area (Å²) in [6.07, 6.45) is 11.6. The van der Waals surface area contributed by atoms with Crippen LogP contribution in [0.1, 0.15) is 91.9 Å².